The summed E-state index contributed by atoms with van der Waals surface area (Å²) < 4.78 is 12.5. The van der Waals surface area contributed by atoms with E-state index in [2.05, 4.69) is 37.3 Å². The predicted molar refractivity (Wildman–Crippen MR) is 143 cm³/mol. The summed E-state index contributed by atoms with van der Waals surface area (Å²) in [4.78, 5) is 25.2. The third-order valence-corrected chi connectivity index (χ3v) is 7.37. The second-order valence-electron chi connectivity index (χ2n) is 9.81. The Kier molecular flexibility index (Phi) is 6.46. The number of ether oxygens (including phenoxy) is 2. The monoisotopic (exact) mass is 524 g/mol. The van der Waals surface area contributed by atoms with Crippen molar-refractivity contribution in [3.05, 3.63) is 66.2 Å². The molecule has 3 aliphatic heterocycles. The Morgan fingerprint density at radius 1 is 1.15 bits per heavy atom. The molecule has 3 saturated heterocycles. The van der Waals surface area contributed by atoms with Crippen molar-refractivity contribution in [3.63, 3.8) is 0 Å². The van der Waals surface area contributed by atoms with Gasteiger partial charge in [0, 0.05) is 68.2 Å². The van der Waals surface area contributed by atoms with Crippen LogP contribution in [-0.2, 0) is 11.3 Å². The van der Waals surface area contributed by atoms with Crippen LogP contribution < -0.4 is 19.7 Å². The Morgan fingerprint density at radius 2 is 2.00 bits per heavy atom. The number of carbonyl (C=O) groups excluding carboxylic acids is 1. The molecule has 1 amide bonds. The minimum absolute atomic E-state index is 0.0349. The standard InChI is InChI=1S/C28H28N8O3/c1-18(37)32-17-39-24-8-25(28-21(9-29)12-33-36(28)16-24)20-4-5-26(30-11-20)34-14-22-7-23(15-34)35(22)13-19-3-6-27(38-2)31-10-19/h3-6,8,10-12,16,22-23H,7,13-15,17H2,1-2H3,(H,32,37). The van der Waals surface area contributed by atoms with Gasteiger partial charge in [0.2, 0.25) is 11.8 Å². The summed E-state index contributed by atoms with van der Waals surface area (Å²) in [6, 6.07) is 13.1. The average Bonchev–Trinajstić information content (AvgIpc) is 3.39. The topological polar surface area (TPSA) is 121 Å². The number of anilines is 1. The smallest absolute Gasteiger partial charge is 0.219 e. The predicted octanol–water partition coefficient (Wildman–Crippen LogP) is 2.61. The summed E-state index contributed by atoms with van der Waals surface area (Å²) in [5, 5.41) is 16.6. The van der Waals surface area contributed by atoms with Gasteiger partial charge in [0.05, 0.1) is 30.6 Å². The maximum absolute atomic E-state index is 11.2. The number of nitrogens with zero attached hydrogens (tertiary/aromatic N) is 7. The molecule has 0 aromatic carbocycles. The fourth-order valence-corrected chi connectivity index (χ4v) is 5.40. The van der Waals surface area contributed by atoms with Gasteiger partial charge >= 0.3 is 0 Å². The van der Waals surface area contributed by atoms with Gasteiger partial charge in [-0.1, -0.05) is 6.07 Å². The number of methoxy groups -OCH3 is 1. The molecule has 4 aromatic heterocycles. The van der Waals surface area contributed by atoms with Crippen molar-refractivity contribution in [2.75, 3.05) is 31.8 Å². The molecule has 2 unspecified atom stereocenters. The van der Waals surface area contributed by atoms with Crippen LogP contribution >= 0.6 is 0 Å². The van der Waals surface area contributed by atoms with Gasteiger partial charge in [0.1, 0.15) is 17.6 Å². The van der Waals surface area contributed by atoms with Crippen molar-refractivity contribution in [2.45, 2.75) is 32.0 Å². The van der Waals surface area contributed by atoms with Gasteiger partial charge in [-0.05, 0) is 30.2 Å². The molecule has 11 heteroatoms. The van der Waals surface area contributed by atoms with Gasteiger partial charge in [-0.2, -0.15) is 10.4 Å². The second-order valence-corrected chi connectivity index (χ2v) is 9.81. The number of piperazine rings is 1. The minimum Gasteiger partial charge on any atom is -0.481 e. The summed E-state index contributed by atoms with van der Waals surface area (Å²) in [6.07, 6.45) is 8.14. The van der Waals surface area contributed by atoms with Gasteiger partial charge in [-0.25, -0.2) is 14.5 Å². The highest BCUT2D eigenvalue weighted by Gasteiger charge is 2.44. The van der Waals surface area contributed by atoms with Gasteiger partial charge < -0.3 is 19.7 Å². The van der Waals surface area contributed by atoms with Crippen LogP contribution in [0.3, 0.4) is 0 Å². The van der Waals surface area contributed by atoms with Crippen molar-refractivity contribution < 1.29 is 14.3 Å². The number of carbonyl (C=O) groups is 1. The molecule has 0 spiro atoms. The molecular weight excluding hydrogens is 496 g/mol. The zero-order valence-corrected chi connectivity index (χ0v) is 21.7. The molecular formula is C28H28N8O3. The lowest BCUT2D eigenvalue weighted by molar-refractivity contribution is -0.119. The molecule has 2 bridgehead atoms. The summed E-state index contributed by atoms with van der Waals surface area (Å²) in [7, 11) is 1.63. The van der Waals surface area contributed by atoms with Gasteiger partial charge in [0.25, 0.3) is 0 Å². The van der Waals surface area contributed by atoms with E-state index >= 15 is 0 Å². The summed E-state index contributed by atoms with van der Waals surface area (Å²) in [5.41, 5.74) is 3.96. The van der Waals surface area contributed by atoms with Crippen LogP contribution in [0.15, 0.2) is 55.1 Å². The number of amides is 1. The van der Waals surface area contributed by atoms with E-state index in [1.807, 2.05) is 36.7 Å². The van der Waals surface area contributed by atoms with Crippen LogP contribution in [-0.4, -0.2) is 69.4 Å². The normalized spacial score (nSPS) is 18.3. The molecule has 0 saturated carbocycles. The summed E-state index contributed by atoms with van der Waals surface area (Å²) in [5.74, 6) is 1.90. The highest BCUT2D eigenvalue weighted by Crippen LogP contribution is 2.36. The number of nitriles is 1. The first-order chi connectivity index (χ1) is 19.0. The van der Waals surface area contributed by atoms with E-state index < -0.39 is 0 Å². The molecule has 0 radical (unpaired) electrons. The molecule has 7 rings (SSSR count). The molecule has 7 heterocycles. The fourth-order valence-electron chi connectivity index (χ4n) is 5.40. The Bertz CT molecular complexity index is 1530. The first-order valence-corrected chi connectivity index (χ1v) is 12.8. The highest BCUT2D eigenvalue weighted by atomic mass is 16.5. The number of hydrogen-bond donors (Lipinski definition) is 1. The van der Waals surface area contributed by atoms with Crippen LogP contribution in [0.4, 0.5) is 5.82 Å². The van der Waals surface area contributed by atoms with Crippen molar-refractivity contribution in [1.29, 1.82) is 5.26 Å². The van der Waals surface area contributed by atoms with Crippen molar-refractivity contribution in [3.8, 4) is 28.8 Å². The van der Waals surface area contributed by atoms with E-state index in [1.54, 1.807) is 17.8 Å². The average molecular weight is 525 g/mol. The molecule has 39 heavy (non-hydrogen) atoms. The Hall–Kier alpha value is -4.69. The lowest BCUT2D eigenvalue weighted by atomic mass is 9.87. The lowest BCUT2D eigenvalue weighted by Crippen LogP contribution is -2.68. The minimum atomic E-state index is -0.182. The number of hydrogen-bond acceptors (Lipinski definition) is 9. The van der Waals surface area contributed by atoms with Gasteiger partial charge in [0.15, 0.2) is 6.73 Å². The number of aromatic nitrogens is 4. The summed E-state index contributed by atoms with van der Waals surface area (Å²) >= 11 is 0. The van der Waals surface area contributed by atoms with Crippen LogP contribution in [0.5, 0.6) is 11.6 Å². The van der Waals surface area contributed by atoms with Crippen LogP contribution in [0.2, 0.25) is 0 Å². The molecule has 198 valence electrons. The number of rotatable bonds is 8. The number of pyridine rings is 3. The van der Waals surface area contributed by atoms with Crippen LogP contribution in [0.1, 0.15) is 24.5 Å². The van der Waals surface area contributed by atoms with E-state index in [4.69, 9.17) is 14.5 Å². The molecule has 0 aliphatic carbocycles. The first-order valence-electron chi connectivity index (χ1n) is 12.8. The largest absolute Gasteiger partial charge is 0.481 e. The summed E-state index contributed by atoms with van der Waals surface area (Å²) in [6.45, 7) is 4.19. The van der Waals surface area contributed by atoms with E-state index in [0.717, 1.165) is 36.6 Å². The van der Waals surface area contributed by atoms with Crippen LogP contribution in [0.25, 0.3) is 16.6 Å². The second kappa shape index (κ2) is 10.2. The third-order valence-electron chi connectivity index (χ3n) is 7.37. The van der Waals surface area contributed by atoms with Crippen molar-refractivity contribution >= 4 is 17.2 Å². The third kappa shape index (κ3) is 4.82. The molecule has 11 nitrogen and oxygen atoms in total. The van der Waals surface area contributed by atoms with E-state index in [1.165, 1.54) is 25.1 Å². The van der Waals surface area contributed by atoms with Crippen molar-refractivity contribution in [2.24, 2.45) is 0 Å². The zero-order chi connectivity index (χ0) is 26.9. The molecule has 3 aliphatic rings. The molecule has 4 aromatic rings. The maximum Gasteiger partial charge on any atom is 0.219 e. The Morgan fingerprint density at radius 3 is 2.67 bits per heavy atom. The molecule has 2 atom stereocenters. The highest BCUT2D eigenvalue weighted by molar-refractivity contribution is 5.85. The lowest BCUT2D eigenvalue weighted by Gasteiger charge is -2.56. The van der Waals surface area contributed by atoms with Crippen molar-refractivity contribution in [1.82, 2.24) is 29.8 Å². The van der Waals surface area contributed by atoms with E-state index in [-0.39, 0.29) is 12.6 Å². The SMILES string of the molecule is COc1ccc(CN2C3CC2CN(c2ccc(-c4cc(OCNC(C)=O)cn5ncc(C#N)c45)cn2)C3)cn1. The molecule has 3 fully saturated rings. The zero-order valence-electron chi connectivity index (χ0n) is 21.7. The van der Waals surface area contributed by atoms with Gasteiger partial charge in [-0.15, -0.1) is 0 Å². The number of piperidine rings is 1. The first kappa shape index (κ1) is 24.6. The van der Waals surface area contributed by atoms with E-state index in [0.29, 0.717) is 34.8 Å². The van der Waals surface area contributed by atoms with Crippen LogP contribution in [0, 0.1) is 11.3 Å². The number of fused-ring (bicyclic) bond motifs is 3. The number of nitrogens with one attached hydrogen (secondary N) is 1. The Balaban J connectivity index is 1.18. The maximum atomic E-state index is 11.2. The molecule has 1 N–H and O–H groups in total. The van der Waals surface area contributed by atoms with E-state index in [9.17, 15) is 10.1 Å². The van der Waals surface area contributed by atoms with Gasteiger partial charge in [-0.3, -0.25) is 9.69 Å². The fraction of sp³-hybridized carbons (Fsp3) is 0.321. The quantitative estimate of drug-likeness (QED) is 0.347. The Labute approximate surface area is 225 Å².